The summed E-state index contributed by atoms with van der Waals surface area (Å²) in [5, 5.41) is 0.463. The van der Waals surface area contributed by atoms with Gasteiger partial charge in [0.15, 0.2) is 0 Å². The van der Waals surface area contributed by atoms with Crippen LogP contribution in [0.3, 0.4) is 0 Å². The minimum Gasteiger partial charge on any atom is -0.486 e. The predicted octanol–water partition coefficient (Wildman–Crippen LogP) is 3.84. The van der Waals surface area contributed by atoms with E-state index in [0.29, 0.717) is 11.6 Å². The molecule has 0 aliphatic rings. The van der Waals surface area contributed by atoms with Crippen LogP contribution >= 0.6 is 43.5 Å². The van der Waals surface area contributed by atoms with Gasteiger partial charge in [0.25, 0.3) is 0 Å². The van der Waals surface area contributed by atoms with E-state index in [1.807, 2.05) is 12.1 Å². The second-order valence-corrected chi connectivity index (χ2v) is 5.48. The van der Waals surface area contributed by atoms with Crippen molar-refractivity contribution in [3.05, 3.63) is 38.3 Å². The zero-order valence-corrected chi connectivity index (χ0v) is 12.5. The first kappa shape index (κ1) is 14.0. The normalized spacial score (nSPS) is 10.2. The molecule has 0 heterocycles. The molecule has 0 atom stereocenters. The van der Waals surface area contributed by atoms with Crippen molar-refractivity contribution in [2.24, 2.45) is 5.73 Å². The Balaban J connectivity index is 2.89. The molecule has 0 aliphatic heterocycles. The van der Waals surface area contributed by atoms with Crippen molar-refractivity contribution in [1.82, 2.24) is 0 Å². The van der Waals surface area contributed by atoms with Crippen molar-refractivity contribution in [1.29, 1.82) is 0 Å². The molecular formula is C11H12Br2ClNO. The molecule has 1 aromatic rings. The first-order valence-corrected chi connectivity index (χ1v) is 6.65. The van der Waals surface area contributed by atoms with Gasteiger partial charge in [-0.3, -0.25) is 0 Å². The summed E-state index contributed by atoms with van der Waals surface area (Å²) in [6, 6.07) is 3.98. The lowest BCUT2D eigenvalue weighted by atomic mass is 10.1. The van der Waals surface area contributed by atoms with Crippen LogP contribution in [0, 0.1) is 0 Å². The third-order valence-electron chi connectivity index (χ3n) is 1.86. The molecule has 88 valence electrons. The van der Waals surface area contributed by atoms with Gasteiger partial charge in [-0.1, -0.05) is 18.2 Å². The van der Waals surface area contributed by atoms with Crippen LogP contribution in [0.2, 0.25) is 0 Å². The fourth-order valence-electron chi connectivity index (χ4n) is 1.21. The fourth-order valence-corrected chi connectivity index (χ4v) is 2.78. The molecule has 0 fully saturated rings. The van der Waals surface area contributed by atoms with Gasteiger partial charge in [-0.25, -0.2) is 0 Å². The zero-order chi connectivity index (χ0) is 12.1. The summed E-state index contributed by atoms with van der Waals surface area (Å²) in [6.45, 7) is 4.48. The summed E-state index contributed by atoms with van der Waals surface area (Å²) in [5.74, 6) is 0.725. The molecule has 0 saturated heterocycles. The fraction of sp³-hybridized carbons (Fsp3) is 0.273. The molecule has 0 saturated carbocycles. The number of hydrogen-bond donors (Lipinski definition) is 1. The maximum absolute atomic E-state index is 5.65. The Morgan fingerprint density at radius 1 is 1.38 bits per heavy atom. The molecule has 1 rings (SSSR count). The van der Waals surface area contributed by atoms with E-state index in [-0.39, 0.29) is 6.61 Å². The van der Waals surface area contributed by atoms with Crippen LogP contribution < -0.4 is 10.5 Å². The molecule has 0 unspecified atom stereocenters. The summed E-state index contributed by atoms with van der Waals surface area (Å²) in [4.78, 5) is 0. The second kappa shape index (κ2) is 6.64. The summed E-state index contributed by atoms with van der Waals surface area (Å²) >= 11 is 12.5. The van der Waals surface area contributed by atoms with E-state index < -0.39 is 0 Å². The monoisotopic (exact) mass is 367 g/mol. The number of ether oxygens (including phenoxy) is 1. The summed E-state index contributed by atoms with van der Waals surface area (Å²) in [5.41, 5.74) is 6.66. The molecule has 0 aliphatic carbocycles. The topological polar surface area (TPSA) is 35.2 Å². The largest absolute Gasteiger partial charge is 0.486 e. The standard InChI is InChI=1S/C11H12Br2ClNO/c1-7(14)6-16-11-9(12)4-8(2-3-15)5-10(11)13/h4-5H,1-3,6,15H2. The van der Waals surface area contributed by atoms with Crippen molar-refractivity contribution < 1.29 is 4.74 Å². The van der Waals surface area contributed by atoms with Crippen molar-refractivity contribution in [2.45, 2.75) is 6.42 Å². The SMILES string of the molecule is C=C(Cl)COc1c(Br)cc(CCN)cc1Br. The highest BCUT2D eigenvalue weighted by atomic mass is 79.9. The van der Waals surface area contributed by atoms with Crippen molar-refractivity contribution in [3.8, 4) is 5.75 Å². The van der Waals surface area contributed by atoms with Crippen LogP contribution in [-0.2, 0) is 6.42 Å². The van der Waals surface area contributed by atoms with Gasteiger partial charge in [0.2, 0.25) is 0 Å². The molecule has 0 amide bonds. The van der Waals surface area contributed by atoms with Gasteiger partial charge in [-0.15, -0.1) is 0 Å². The highest BCUT2D eigenvalue weighted by Crippen LogP contribution is 2.35. The maximum Gasteiger partial charge on any atom is 0.148 e. The Morgan fingerprint density at radius 3 is 2.38 bits per heavy atom. The van der Waals surface area contributed by atoms with Gasteiger partial charge >= 0.3 is 0 Å². The first-order chi connectivity index (χ1) is 7.54. The van der Waals surface area contributed by atoms with E-state index in [1.165, 1.54) is 0 Å². The van der Waals surface area contributed by atoms with Crippen molar-refractivity contribution in [2.75, 3.05) is 13.2 Å². The average molecular weight is 369 g/mol. The molecule has 1 aromatic carbocycles. The van der Waals surface area contributed by atoms with E-state index in [1.54, 1.807) is 0 Å². The third-order valence-corrected chi connectivity index (χ3v) is 3.15. The quantitative estimate of drug-likeness (QED) is 0.856. The van der Waals surface area contributed by atoms with Crippen molar-refractivity contribution in [3.63, 3.8) is 0 Å². The molecule has 0 aromatic heterocycles. The Kier molecular flexibility index (Phi) is 5.83. The number of nitrogens with two attached hydrogens (primary N) is 1. The van der Waals surface area contributed by atoms with Crippen LogP contribution in [-0.4, -0.2) is 13.2 Å². The molecule has 16 heavy (non-hydrogen) atoms. The van der Waals surface area contributed by atoms with E-state index >= 15 is 0 Å². The highest BCUT2D eigenvalue weighted by molar-refractivity contribution is 9.11. The first-order valence-electron chi connectivity index (χ1n) is 4.68. The van der Waals surface area contributed by atoms with Gasteiger partial charge in [-0.05, 0) is 62.5 Å². The average Bonchev–Trinajstić information content (AvgIpc) is 2.16. The smallest absolute Gasteiger partial charge is 0.148 e. The van der Waals surface area contributed by atoms with E-state index in [4.69, 9.17) is 22.1 Å². The number of halogens is 3. The molecular weight excluding hydrogens is 357 g/mol. The van der Waals surface area contributed by atoms with Crippen LogP contribution in [0.25, 0.3) is 0 Å². The lowest BCUT2D eigenvalue weighted by molar-refractivity contribution is 0.355. The Bertz CT molecular complexity index is 373. The van der Waals surface area contributed by atoms with Crippen LogP contribution in [0.5, 0.6) is 5.75 Å². The minimum absolute atomic E-state index is 0.287. The molecule has 2 nitrogen and oxygen atoms in total. The molecule has 5 heteroatoms. The van der Waals surface area contributed by atoms with Gasteiger partial charge in [0, 0.05) is 5.03 Å². The van der Waals surface area contributed by atoms with Crippen molar-refractivity contribution >= 4 is 43.5 Å². The molecule has 0 radical (unpaired) electrons. The van der Waals surface area contributed by atoms with E-state index in [2.05, 4.69) is 38.4 Å². The second-order valence-electron chi connectivity index (χ2n) is 3.23. The van der Waals surface area contributed by atoms with Gasteiger partial charge < -0.3 is 10.5 Å². The Labute approximate surface area is 117 Å². The van der Waals surface area contributed by atoms with Gasteiger partial charge in [0.05, 0.1) is 8.95 Å². The van der Waals surface area contributed by atoms with E-state index in [0.717, 1.165) is 26.7 Å². The molecule has 0 spiro atoms. The summed E-state index contributed by atoms with van der Waals surface area (Å²) in [6.07, 6.45) is 0.833. The molecule has 2 N–H and O–H groups in total. The van der Waals surface area contributed by atoms with Gasteiger partial charge in [0.1, 0.15) is 12.4 Å². The minimum atomic E-state index is 0.287. The van der Waals surface area contributed by atoms with Crippen LogP contribution in [0.15, 0.2) is 32.7 Å². The summed E-state index contributed by atoms with van der Waals surface area (Å²) in [7, 11) is 0. The lowest BCUT2D eigenvalue weighted by Gasteiger charge is -2.11. The summed E-state index contributed by atoms with van der Waals surface area (Å²) < 4.78 is 7.26. The Hall–Kier alpha value is -0.0300. The Morgan fingerprint density at radius 2 is 1.94 bits per heavy atom. The number of rotatable bonds is 5. The predicted molar refractivity (Wildman–Crippen MR) is 75.1 cm³/mol. The van der Waals surface area contributed by atoms with Gasteiger partial charge in [-0.2, -0.15) is 0 Å². The van der Waals surface area contributed by atoms with E-state index in [9.17, 15) is 0 Å². The number of hydrogen-bond acceptors (Lipinski definition) is 2. The van der Waals surface area contributed by atoms with Crippen LogP contribution in [0.1, 0.15) is 5.56 Å². The van der Waals surface area contributed by atoms with Crippen LogP contribution in [0.4, 0.5) is 0 Å². The zero-order valence-electron chi connectivity index (χ0n) is 8.60. The highest BCUT2D eigenvalue weighted by Gasteiger charge is 2.09. The third kappa shape index (κ3) is 4.09. The maximum atomic E-state index is 5.65. The number of benzene rings is 1. The molecule has 0 bridgehead atoms. The lowest BCUT2D eigenvalue weighted by Crippen LogP contribution is -2.04.